The zero-order valence-electron chi connectivity index (χ0n) is 25.4. The molecular weight excluding hydrogens is 594 g/mol. The third-order valence-corrected chi connectivity index (χ3v) is 9.18. The smallest absolute Gasteiger partial charge is 0.264 e. The fourth-order valence-corrected chi connectivity index (χ4v) is 6.41. The molecule has 1 atom stereocenters. The Bertz CT molecular complexity index is 1680. The number of nitrogens with zero attached hydrogens (tertiary/aromatic N) is 2. The second kappa shape index (κ2) is 14.6. The fourth-order valence-electron chi connectivity index (χ4n) is 4.82. The number of hydrogen-bond donors (Lipinski definition) is 1. The molecule has 9 heteroatoms. The SMILES string of the molecule is Cc1ccc(CN(C(=O)CN(c2cccc(Cl)c2)S(=O)(=O)c2ccc(C)cc2)C(Cc2ccccc2)C(=O)NC(C)C)cc1. The molecule has 2 amide bonds. The summed E-state index contributed by atoms with van der Waals surface area (Å²) >= 11 is 6.29. The van der Waals surface area contributed by atoms with Crippen LogP contribution in [0.25, 0.3) is 0 Å². The molecule has 0 aromatic heterocycles. The van der Waals surface area contributed by atoms with E-state index in [1.807, 2.05) is 82.3 Å². The standard InChI is InChI=1S/C35H38ClN3O4S/c1-25(2)37-35(41)33(21-28-9-6-5-7-10-28)38(23-29-17-13-26(3)14-18-29)34(40)24-39(31-12-8-11-30(36)22-31)44(42,43)32-19-15-27(4)16-20-32/h5-20,22,25,33H,21,23-24H2,1-4H3,(H,37,41). The summed E-state index contributed by atoms with van der Waals surface area (Å²) in [4.78, 5) is 29.7. The molecule has 1 unspecified atom stereocenters. The molecule has 230 valence electrons. The van der Waals surface area contributed by atoms with Gasteiger partial charge in [-0.3, -0.25) is 13.9 Å². The van der Waals surface area contributed by atoms with E-state index in [0.29, 0.717) is 5.02 Å². The molecule has 0 heterocycles. The highest BCUT2D eigenvalue weighted by Crippen LogP contribution is 2.27. The Labute approximate surface area is 265 Å². The van der Waals surface area contributed by atoms with Gasteiger partial charge in [0, 0.05) is 24.0 Å². The highest BCUT2D eigenvalue weighted by atomic mass is 35.5. The number of hydrogen-bond acceptors (Lipinski definition) is 4. The number of anilines is 1. The van der Waals surface area contributed by atoms with Crippen LogP contribution >= 0.6 is 11.6 Å². The molecule has 0 spiro atoms. The maximum absolute atomic E-state index is 14.4. The summed E-state index contributed by atoms with van der Waals surface area (Å²) < 4.78 is 29.2. The Morgan fingerprint density at radius 2 is 1.41 bits per heavy atom. The summed E-state index contributed by atoms with van der Waals surface area (Å²) in [6.45, 7) is 7.13. The van der Waals surface area contributed by atoms with Crippen LogP contribution in [0.5, 0.6) is 0 Å². The van der Waals surface area contributed by atoms with Gasteiger partial charge in [-0.25, -0.2) is 8.42 Å². The van der Waals surface area contributed by atoms with E-state index >= 15 is 0 Å². The van der Waals surface area contributed by atoms with Crippen molar-refractivity contribution >= 4 is 39.1 Å². The molecule has 0 aliphatic heterocycles. The number of nitrogens with one attached hydrogen (secondary N) is 1. The molecular formula is C35H38ClN3O4S. The van der Waals surface area contributed by atoms with Crippen LogP contribution in [0.3, 0.4) is 0 Å². The Morgan fingerprint density at radius 3 is 2.00 bits per heavy atom. The number of rotatable bonds is 12. The monoisotopic (exact) mass is 631 g/mol. The number of amides is 2. The van der Waals surface area contributed by atoms with Gasteiger partial charge in [0.05, 0.1) is 10.6 Å². The second-order valence-corrected chi connectivity index (χ2v) is 13.5. The quantitative estimate of drug-likeness (QED) is 0.198. The van der Waals surface area contributed by atoms with Crippen LogP contribution in [0, 0.1) is 13.8 Å². The molecule has 0 aliphatic carbocycles. The minimum atomic E-state index is -4.19. The van der Waals surface area contributed by atoms with Crippen LogP contribution in [0.1, 0.15) is 36.1 Å². The number of halogens is 1. The van der Waals surface area contributed by atoms with Gasteiger partial charge in [0.2, 0.25) is 11.8 Å². The van der Waals surface area contributed by atoms with Gasteiger partial charge in [-0.1, -0.05) is 95.5 Å². The van der Waals surface area contributed by atoms with Crippen molar-refractivity contribution in [3.63, 3.8) is 0 Å². The molecule has 0 saturated heterocycles. The topological polar surface area (TPSA) is 86.8 Å². The Balaban J connectivity index is 1.80. The van der Waals surface area contributed by atoms with Crippen molar-refractivity contribution in [3.8, 4) is 0 Å². The zero-order valence-corrected chi connectivity index (χ0v) is 27.0. The van der Waals surface area contributed by atoms with Crippen molar-refractivity contribution in [2.75, 3.05) is 10.8 Å². The van der Waals surface area contributed by atoms with Crippen molar-refractivity contribution in [2.45, 2.75) is 57.6 Å². The van der Waals surface area contributed by atoms with E-state index in [-0.39, 0.29) is 35.5 Å². The normalized spacial score (nSPS) is 12.0. The van der Waals surface area contributed by atoms with Gasteiger partial charge in [-0.05, 0) is 69.2 Å². The summed E-state index contributed by atoms with van der Waals surface area (Å²) in [5.74, 6) is -0.846. The first-order valence-corrected chi connectivity index (χ1v) is 16.3. The molecule has 4 rings (SSSR count). The van der Waals surface area contributed by atoms with Crippen LogP contribution in [0.2, 0.25) is 5.02 Å². The third-order valence-electron chi connectivity index (χ3n) is 7.16. The van der Waals surface area contributed by atoms with E-state index in [9.17, 15) is 18.0 Å². The first kappa shape index (κ1) is 32.8. The first-order chi connectivity index (χ1) is 20.9. The molecule has 4 aromatic carbocycles. The molecule has 0 bridgehead atoms. The maximum Gasteiger partial charge on any atom is 0.264 e. The van der Waals surface area contributed by atoms with Crippen LogP contribution in [-0.4, -0.2) is 43.8 Å². The zero-order chi connectivity index (χ0) is 31.9. The van der Waals surface area contributed by atoms with Crippen molar-refractivity contribution in [3.05, 3.63) is 130 Å². The van der Waals surface area contributed by atoms with Gasteiger partial charge in [-0.2, -0.15) is 0 Å². The number of aryl methyl sites for hydroxylation is 2. The van der Waals surface area contributed by atoms with E-state index in [1.165, 1.54) is 23.1 Å². The summed E-state index contributed by atoms with van der Waals surface area (Å²) in [5, 5.41) is 3.29. The van der Waals surface area contributed by atoms with Crippen molar-refractivity contribution in [1.29, 1.82) is 0 Å². The minimum Gasteiger partial charge on any atom is -0.352 e. The van der Waals surface area contributed by atoms with E-state index in [1.54, 1.807) is 30.3 Å². The van der Waals surface area contributed by atoms with Crippen LogP contribution in [0.15, 0.2) is 108 Å². The summed E-state index contributed by atoms with van der Waals surface area (Å²) in [5.41, 5.74) is 3.89. The molecule has 0 aliphatic rings. The average molecular weight is 632 g/mol. The highest BCUT2D eigenvalue weighted by molar-refractivity contribution is 7.92. The summed E-state index contributed by atoms with van der Waals surface area (Å²) in [6, 6.07) is 28.9. The van der Waals surface area contributed by atoms with Crippen LogP contribution in [-0.2, 0) is 32.6 Å². The van der Waals surface area contributed by atoms with Crippen LogP contribution < -0.4 is 9.62 Å². The molecule has 0 radical (unpaired) electrons. The highest BCUT2D eigenvalue weighted by Gasteiger charge is 2.34. The summed E-state index contributed by atoms with van der Waals surface area (Å²) in [7, 11) is -4.19. The fraction of sp³-hybridized carbons (Fsp3) is 0.257. The molecule has 4 aromatic rings. The predicted molar refractivity (Wildman–Crippen MR) is 176 cm³/mol. The predicted octanol–water partition coefficient (Wildman–Crippen LogP) is 6.32. The second-order valence-electron chi connectivity index (χ2n) is 11.2. The van der Waals surface area contributed by atoms with E-state index < -0.39 is 28.5 Å². The number of carbonyl (C=O) groups is 2. The first-order valence-electron chi connectivity index (χ1n) is 14.5. The molecule has 44 heavy (non-hydrogen) atoms. The lowest BCUT2D eigenvalue weighted by Gasteiger charge is -2.34. The third kappa shape index (κ3) is 8.49. The number of carbonyl (C=O) groups excluding carboxylic acids is 2. The lowest BCUT2D eigenvalue weighted by molar-refractivity contribution is -0.140. The largest absolute Gasteiger partial charge is 0.352 e. The lowest BCUT2D eigenvalue weighted by atomic mass is 10.0. The van der Waals surface area contributed by atoms with Gasteiger partial charge in [0.1, 0.15) is 12.6 Å². The number of benzene rings is 4. The van der Waals surface area contributed by atoms with E-state index in [0.717, 1.165) is 26.6 Å². The van der Waals surface area contributed by atoms with E-state index in [4.69, 9.17) is 11.6 Å². The number of sulfonamides is 1. The van der Waals surface area contributed by atoms with Crippen molar-refractivity contribution in [1.82, 2.24) is 10.2 Å². The molecule has 0 fully saturated rings. The van der Waals surface area contributed by atoms with Gasteiger partial charge in [-0.15, -0.1) is 0 Å². The molecule has 7 nitrogen and oxygen atoms in total. The average Bonchev–Trinajstić information content (AvgIpc) is 2.98. The Morgan fingerprint density at radius 1 is 0.795 bits per heavy atom. The maximum atomic E-state index is 14.4. The summed E-state index contributed by atoms with van der Waals surface area (Å²) in [6.07, 6.45) is 0.249. The van der Waals surface area contributed by atoms with Crippen LogP contribution in [0.4, 0.5) is 5.69 Å². The lowest BCUT2D eigenvalue weighted by Crippen LogP contribution is -2.54. The molecule has 1 N–H and O–H groups in total. The van der Waals surface area contributed by atoms with Crippen molar-refractivity contribution in [2.24, 2.45) is 0 Å². The Hall–Kier alpha value is -4.14. The Kier molecular flexibility index (Phi) is 10.8. The van der Waals surface area contributed by atoms with E-state index in [2.05, 4.69) is 5.32 Å². The van der Waals surface area contributed by atoms with Gasteiger partial charge < -0.3 is 10.2 Å². The van der Waals surface area contributed by atoms with Crippen molar-refractivity contribution < 1.29 is 18.0 Å². The van der Waals surface area contributed by atoms with Gasteiger partial charge in [0.25, 0.3) is 10.0 Å². The molecule has 0 saturated carbocycles. The van der Waals surface area contributed by atoms with Gasteiger partial charge >= 0.3 is 0 Å². The van der Waals surface area contributed by atoms with Gasteiger partial charge in [0.15, 0.2) is 0 Å². The minimum absolute atomic E-state index is 0.0411.